The second-order valence-electron chi connectivity index (χ2n) is 16.6. The highest BCUT2D eigenvalue weighted by Crippen LogP contribution is 2.28. The third-order valence-corrected chi connectivity index (χ3v) is 12.4. The summed E-state index contributed by atoms with van der Waals surface area (Å²) >= 11 is 1.55. The minimum Gasteiger partial charge on any atom is -0.508 e. The van der Waals surface area contributed by atoms with E-state index in [1.165, 1.54) is 12.1 Å². The lowest BCUT2D eigenvalue weighted by molar-refractivity contribution is -0.141. The number of hydrogen-bond donors (Lipinski definition) is 7. The molecule has 1 aliphatic carbocycles. The molecule has 0 radical (unpaired) electrons. The number of carbonyl (C=O) groups excluding carboxylic acids is 5. The van der Waals surface area contributed by atoms with Gasteiger partial charge in [0.25, 0.3) is 5.91 Å². The molecule has 0 aromatic heterocycles. The van der Waals surface area contributed by atoms with Crippen LogP contribution in [-0.2, 0) is 52.8 Å². The van der Waals surface area contributed by atoms with Gasteiger partial charge in [-0.3, -0.25) is 24.0 Å². The first-order valence-electron chi connectivity index (χ1n) is 22.4. The van der Waals surface area contributed by atoms with Crippen molar-refractivity contribution >= 4 is 47.3 Å². The highest BCUT2D eigenvalue weighted by molar-refractivity contribution is 8.03. The van der Waals surface area contributed by atoms with Crippen molar-refractivity contribution in [3.63, 3.8) is 0 Å². The number of amides is 5. The van der Waals surface area contributed by atoms with Crippen LogP contribution in [0.1, 0.15) is 49.3 Å². The molecule has 4 aromatic carbocycles. The zero-order chi connectivity index (χ0) is 47.5. The molecule has 67 heavy (non-hydrogen) atoms. The number of aryl methyl sites for hydroxylation is 1. The molecule has 1 aliphatic heterocycles. The summed E-state index contributed by atoms with van der Waals surface area (Å²) in [6.07, 6.45) is 9.92. The van der Waals surface area contributed by atoms with Gasteiger partial charge in [0.15, 0.2) is 6.61 Å². The van der Waals surface area contributed by atoms with Gasteiger partial charge < -0.3 is 41.5 Å². The summed E-state index contributed by atoms with van der Waals surface area (Å²) in [6.45, 7) is 1.18. The van der Waals surface area contributed by atoms with E-state index in [0.717, 1.165) is 28.7 Å². The number of ether oxygens (including phenoxy) is 1. The Hall–Kier alpha value is -7.13. The topological polar surface area (TPSA) is 212 Å². The number of aliphatic carboxylic acids is 1. The molecular formula is C52H57N5O9S. The van der Waals surface area contributed by atoms with Crippen molar-refractivity contribution in [1.29, 1.82) is 0 Å². The number of carbonyl (C=O) groups is 6. The molecule has 2 unspecified atom stereocenters. The van der Waals surface area contributed by atoms with E-state index >= 15 is 0 Å². The molecule has 2 aliphatic rings. The van der Waals surface area contributed by atoms with E-state index in [0.29, 0.717) is 30.1 Å². The van der Waals surface area contributed by atoms with E-state index in [1.54, 1.807) is 23.9 Å². The lowest BCUT2D eigenvalue weighted by Crippen LogP contribution is -2.58. The Bertz CT molecular complexity index is 2400. The summed E-state index contributed by atoms with van der Waals surface area (Å²) in [5.74, 6) is -3.58. The van der Waals surface area contributed by atoms with Gasteiger partial charge in [-0.05, 0) is 95.5 Å². The maximum Gasteiger partial charge on any atom is 0.326 e. The average molecular weight is 928 g/mol. The van der Waals surface area contributed by atoms with Crippen LogP contribution in [0.2, 0.25) is 0 Å². The molecular weight excluding hydrogens is 871 g/mol. The molecule has 0 saturated carbocycles. The molecule has 350 valence electrons. The third-order valence-electron chi connectivity index (χ3n) is 11.3. The summed E-state index contributed by atoms with van der Waals surface area (Å²) in [5, 5.41) is 35.0. The molecule has 0 saturated heterocycles. The Morgan fingerprint density at radius 3 is 1.93 bits per heavy atom. The molecule has 6 rings (SSSR count). The fraction of sp³-hybridized carbons (Fsp3) is 0.308. The minimum atomic E-state index is -1.33. The number of nitrogens with one attached hydrogen (secondary N) is 5. The maximum atomic E-state index is 14.5. The predicted octanol–water partition coefficient (Wildman–Crippen LogP) is 5.52. The van der Waals surface area contributed by atoms with E-state index in [2.05, 4.69) is 33.5 Å². The van der Waals surface area contributed by atoms with Crippen molar-refractivity contribution in [3.8, 4) is 16.9 Å². The fourth-order valence-corrected chi connectivity index (χ4v) is 8.53. The lowest BCUT2D eigenvalue weighted by Gasteiger charge is -2.26. The van der Waals surface area contributed by atoms with Gasteiger partial charge in [0.2, 0.25) is 23.6 Å². The van der Waals surface area contributed by atoms with E-state index in [4.69, 9.17) is 4.74 Å². The van der Waals surface area contributed by atoms with Crippen LogP contribution in [0.5, 0.6) is 5.75 Å². The van der Waals surface area contributed by atoms with Crippen molar-refractivity contribution in [2.24, 2.45) is 5.92 Å². The Balaban J connectivity index is 1.19. The number of thioether (sulfide) groups is 1. The molecule has 14 nitrogen and oxygen atoms in total. The highest BCUT2D eigenvalue weighted by atomic mass is 32.2. The quantitative estimate of drug-likeness (QED) is 0.0495. The monoisotopic (exact) mass is 927 g/mol. The third kappa shape index (κ3) is 16.1. The van der Waals surface area contributed by atoms with Gasteiger partial charge in [-0.1, -0.05) is 116 Å². The molecule has 0 spiro atoms. The van der Waals surface area contributed by atoms with Crippen LogP contribution in [0, 0.1) is 5.92 Å². The van der Waals surface area contributed by atoms with Crippen LogP contribution in [0.25, 0.3) is 11.1 Å². The van der Waals surface area contributed by atoms with Gasteiger partial charge in [-0.25, -0.2) is 4.79 Å². The number of aromatic hydroxyl groups is 1. The lowest BCUT2D eigenvalue weighted by atomic mass is 9.99. The smallest absolute Gasteiger partial charge is 0.326 e. The molecule has 0 bridgehead atoms. The molecule has 6 atom stereocenters. The fourth-order valence-electron chi connectivity index (χ4n) is 7.56. The second-order valence-corrected chi connectivity index (χ2v) is 17.9. The van der Waals surface area contributed by atoms with E-state index in [1.807, 2.05) is 115 Å². The zero-order valence-corrected chi connectivity index (χ0v) is 38.1. The molecule has 1 heterocycles. The van der Waals surface area contributed by atoms with Crippen molar-refractivity contribution in [1.82, 2.24) is 26.6 Å². The van der Waals surface area contributed by atoms with Crippen molar-refractivity contribution in [2.75, 3.05) is 13.2 Å². The van der Waals surface area contributed by atoms with Crippen LogP contribution in [0.4, 0.5) is 0 Å². The van der Waals surface area contributed by atoms with Crippen molar-refractivity contribution in [2.45, 2.75) is 81.3 Å². The molecule has 15 heteroatoms. The van der Waals surface area contributed by atoms with Gasteiger partial charge >= 0.3 is 5.97 Å². The van der Waals surface area contributed by atoms with Crippen molar-refractivity contribution in [3.05, 3.63) is 161 Å². The number of carboxylic acids is 1. The van der Waals surface area contributed by atoms with E-state index in [9.17, 15) is 39.0 Å². The Morgan fingerprint density at radius 2 is 1.28 bits per heavy atom. The first-order valence-corrected chi connectivity index (χ1v) is 23.3. The number of allylic oxidation sites excluding steroid dienone is 4. The standard InChI is InChI=1S/C52H57N5O9S/c1-34-14-25-41(26-15-34)66-33-48(60)54-45(31-42-13-8-28-67-42)51(63)57-44(29-36-16-21-39(22-17-36)38-11-6-3-7-12-38)50(62)56-43(27-20-35-9-4-2-5-10-35)49(61)53-32-47(59)55-46(52(64)65)30-37-18-23-40(58)24-19-37/h2-12,14,16-19,21-26,28,34,42-46,58H,13,15,20,27,29-33H2,1H3,(H,53,61)(H,54,60)(H,55,59)(H,56,62)(H,57,63)(H,64,65)/t34?,42?,43-,44+,45-,46+/m1/s1. The first-order chi connectivity index (χ1) is 32.4. The second kappa shape index (κ2) is 25.0. The number of rotatable bonds is 23. The first kappa shape index (κ1) is 49.3. The van der Waals surface area contributed by atoms with Crippen LogP contribution < -0.4 is 26.6 Å². The Morgan fingerprint density at radius 1 is 0.672 bits per heavy atom. The molecule has 7 N–H and O–H groups in total. The molecule has 5 amide bonds. The van der Waals surface area contributed by atoms with Crippen LogP contribution in [0.15, 0.2) is 145 Å². The zero-order valence-electron chi connectivity index (χ0n) is 37.3. The van der Waals surface area contributed by atoms with Gasteiger partial charge in [0, 0.05) is 18.1 Å². The van der Waals surface area contributed by atoms with Gasteiger partial charge in [0.05, 0.1) is 6.54 Å². The summed E-state index contributed by atoms with van der Waals surface area (Å²) in [6, 6.07) is 27.8. The van der Waals surface area contributed by atoms with Crippen LogP contribution >= 0.6 is 11.8 Å². The van der Waals surface area contributed by atoms with Gasteiger partial charge in [0.1, 0.15) is 35.7 Å². The largest absolute Gasteiger partial charge is 0.508 e. The highest BCUT2D eigenvalue weighted by Gasteiger charge is 2.32. The number of phenols is 1. The molecule has 4 aromatic rings. The van der Waals surface area contributed by atoms with Crippen LogP contribution in [0.3, 0.4) is 0 Å². The number of carboxylic acid groups (broad SMARTS) is 1. The summed E-state index contributed by atoms with van der Waals surface area (Å²) in [4.78, 5) is 81.3. The average Bonchev–Trinajstić information content (AvgIpc) is 3.86. The maximum absolute atomic E-state index is 14.5. The van der Waals surface area contributed by atoms with E-state index < -0.39 is 66.2 Å². The number of hydrogen-bond acceptors (Lipinski definition) is 9. The van der Waals surface area contributed by atoms with Gasteiger partial charge in [-0.2, -0.15) is 0 Å². The van der Waals surface area contributed by atoms with E-state index in [-0.39, 0.29) is 43.3 Å². The predicted molar refractivity (Wildman–Crippen MR) is 257 cm³/mol. The van der Waals surface area contributed by atoms with Crippen molar-refractivity contribution < 1.29 is 43.7 Å². The summed E-state index contributed by atoms with van der Waals surface area (Å²) in [5.41, 5.74) is 4.12. The van der Waals surface area contributed by atoms with Gasteiger partial charge in [-0.15, -0.1) is 11.8 Å². The summed E-state index contributed by atoms with van der Waals surface area (Å²) < 4.78 is 5.75. The molecule has 0 fully saturated rings. The number of phenolic OH excluding ortho intramolecular Hbond substituents is 1. The SMILES string of the molecule is CC1C=CC(OCC(=O)N[C@H](CC2CC=CS2)C(=O)N[C@@H](Cc2ccc(-c3ccccc3)cc2)C(=O)N[C@H](CCc2ccccc2)C(=O)NCC(=O)N[C@@H](Cc2ccc(O)cc2)C(=O)O)=CC1. The normalized spacial score (nSPS) is 16.9. The Labute approximate surface area is 394 Å². The summed E-state index contributed by atoms with van der Waals surface area (Å²) in [7, 11) is 0. The minimum absolute atomic E-state index is 0.00194. The number of benzene rings is 4. The van der Waals surface area contributed by atoms with Crippen LogP contribution in [-0.4, -0.2) is 88.3 Å². The Kier molecular flexibility index (Phi) is 18.4.